The van der Waals surface area contributed by atoms with Crippen LogP contribution in [0.15, 0.2) is 30.3 Å². The second-order valence-corrected chi connectivity index (χ2v) is 14.1. The van der Waals surface area contributed by atoms with Gasteiger partial charge in [-0.15, -0.1) is 0 Å². The summed E-state index contributed by atoms with van der Waals surface area (Å²) in [5, 5.41) is 13.1. The standard InChI is InChI=1S/C35H54N6O9/c1-21(2)29(27(43)18-37-33(47)38-25(20-49-23(5)42)17-24-13-10-9-11-14-24)39-28(44)19-36-32(46)30(22(3)4)40-31(45)26-15-12-16-41(26)34(48)50-35(6,7)8/h9-11,13-14,21-22,25-26,29-30H,12,15-20H2,1-8H3,(H,36,46)(H,39,44)(H,40,45)(H2,37,38,47)/t25?,26-,29-,30-/m0/s1. The maximum Gasteiger partial charge on any atom is 0.410 e. The number of nitrogens with zero attached hydrogens (tertiary/aromatic N) is 1. The first-order valence-electron chi connectivity index (χ1n) is 17.0. The van der Waals surface area contributed by atoms with Crippen molar-refractivity contribution in [1.29, 1.82) is 0 Å². The molecule has 50 heavy (non-hydrogen) atoms. The number of likely N-dealkylation sites (tertiary alicyclic amines) is 1. The van der Waals surface area contributed by atoms with Gasteiger partial charge in [-0.05, 0) is 57.4 Å². The molecule has 1 fully saturated rings. The van der Waals surface area contributed by atoms with Crippen molar-refractivity contribution >= 4 is 41.6 Å². The highest BCUT2D eigenvalue weighted by Gasteiger charge is 2.38. The highest BCUT2D eigenvalue weighted by atomic mass is 16.6. The monoisotopic (exact) mass is 702 g/mol. The summed E-state index contributed by atoms with van der Waals surface area (Å²) in [6.07, 6.45) is 0.813. The van der Waals surface area contributed by atoms with Crippen molar-refractivity contribution in [1.82, 2.24) is 31.5 Å². The molecule has 1 unspecified atom stereocenters. The average Bonchev–Trinajstić information content (AvgIpc) is 3.53. The first kappa shape index (κ1) is 41.5. The van der Waals surface area contributed by atoms with E-state index in [9.17, 15) is 33.6 Å². The van der Waals surface area contributed by atoms with Gasteiger partial charge in [0.15, 0.2) is 5.78 Å². The Labute approximate surface area is 294 Å². The number of amides is 6. The molecular formula is C35H54N6O9. The summed E-state index contributed by atoms with van der Waals surface area (Å²) >= 11 is 0. The number of urea groups is 1. The fourth-order valence-corrected chi connectivity index (χ4v) is 5.27. The largest absolute Gasteiger partial charge is 0.464 e. The number of nitrogens with one attached hydrogen (secondary N) is 5. The van der Waals surface area contributed by atoms with E-state index in [-0.39, 0.29) is 18.4 Å². The smallest absolute Gasteiger partial charge is 0.410 e. The van der Waals surface area contributed by atoms with Crippen molar-refractivity contribution < 1.29 is 43.0 Å². The topological polar surface area (TPSA) is 201 Å². The Hall–Kier alpha value is -4.69. The van der Waals surface area contributed by atoms with Crippen molar-refractivity contribution in [2.24, 2.45) is 11.8 Å². The van der Waals surface area contributed by atoms with Gasteiger partial charge in [-0.3, -0.25) is 28.9 Å². The minimum atomic E-state index is -0.992. The van der Waals surface area contributed by atoms with Gasteiger partial charge < -0.3 is 36.1 Å². The van der Waals surface area contributed by atoms with Crippen LogP contribution >= 0.6 is 0 Å². The maximum absolute atomic E-state index is 13.2. The molecule has 1 heterocycles. The third kappa shape index (κ3) is 14.4. The van der Waals surface area contributed by atoms with Crippen LogP contribution in [-0.2, 0) is 39.9 Å². The summed E-state index contributed by atoms with van der Waals surface area (Å²) in [5.41, 5.74) is 0.183. The van der Waals surface area contributed by atoms with E-state index in [1.807, 2.05) is 30.3 Å². The van der Waals surface area contributed by atoms with Gasteiger partial charge in [0.1, 0.15) is 24.3 Å². The Bertz CT molecular complexity index is 1350. The van der Waals surface area contributed by atoms with Crippen molar-refractivity contribution in [3.8, 4) is 0 Å². The van der Waals surface area contributed by atoms with Gasteiger partial charge >= 0.3 is 18.1 Å². The molecule has 1 aliphatic heterocycles. The molecule has 1 aromatic carbocycles. The van der Waals surface area contributed by atoms with Crippen molar-refractivity contribution in [2.45, 2.75) is 104 Å². The van der Waals surface area contributed by atoms with Crippen molar-refractivity contribution in [3.63, 3.8) is 0 Å². The third-order valence-corrected chi connectivity index (χ3v) is 7.75. The number of ketones is 1. The van der Waals surface area contributed by atoms with E-state index >= 15 is 0 Å². The number of esters is 1. The SMILES string of the molecule is CC(=O)OCC(Cc1ccccc1)NC(=O)NCC(=O)[C@@H](NC(=O)CNC(=O)[C@@H](NC(=O)[C@@H]1CCCN1C(=O)OC(C)(C)C)C(C)C)C(C)C. The number of rotatable bonds is 16. The van der Waals surface area contributed by atoms with Crippen molar-refractivity contribution in [3.05, 3.63) is 35.9 Å². The Morgan fingerprint density at radius 3 is 2.08 bits per heavy atom. The maximum atomic E-state index is 13.2. The number of carbonyl (C=O) groups excluding carboxylic acids is 7. The summed E-state index contributed by atoms with van der Waals surface area (Å²) in [6.45, 7) is 12.8. The van der Waals surface area contributed by atoms with Gasteiger partial charge in [-0.25, -0.2) is 9.59 Å². The molecule has 1 saturated heterocycles. The molecule has 2 rings (SSSR count). The molecule has 0 aromatic heterocycles. The van der Waals surface area contributed by atoms with E-state index < -0.39 is 84.5 Å². The predicted molar refractivity (Wildman–Crippen MR) is 185 cm³/mol. The highest BCUT2D eigenvalue weighted by Crippen LogP contribution is 2.21. The van der Waals surface area contributed by atoms with Gasteiger partial charge in [0, 0.05) is 13.5 Å². The molecule has 15 heteroatoms. The molecule has 1 aliphatic rings. The van der Waals surface area contributed by atoms with Crippen LogP contribution in [0.25, 0.3) is 0 Å². The molecule has 278 valence electrons. The Morgan fingerprint density at radius 2 is 1.50 bits per heavy atom. The number of benzene rings is 1. The number of carbonyl (C=O) groups is 7. The fourth-order valence-electron chi connectivity index (χ4n) is 5.27. The highest BCUT2D eigenvalue weighted by molar-refractivity contribution is 5.95. The summed E-state index contributed by atoms with van der Waals surface area (Å²) in [5.74, 6) is -3.38. The molecule has 1 aromatic rings. The van der Waals surface area contributed by atoms with Crippen LogP contribution in [0, 0.1) is 11.8 Å². The van der Waals surface area contributed by atoms with Gasteiger partial charge in [0.2, 0.25) is 17.7 Å². The van der Waals surface area contributed by atoms with Crippen LogP contribution in [0.1, 0.15) is 73.8 Å². The van der Waals surface area contributed by atoms with Crippen LogP contribution in [0.5, 0.6) is 0 Å². The Morgan fingerprint density at radius 1 is 0.860 bits per heavy atom. The summed E-state index contributed by atoms with van der Waals surface area (Å²) in [7, 11) is 0. The van der Waals surface area contributed by atoms with E-state index in [1.54, 1.807) is 48.5 Å². The minimum Gasteiger partial charge on any atom is -0.464 e. The predicted octanol–water partition coefficient (Wildman–Crippen LogP) is 1.83. The van der Waals surface area contributed by atoms with E-state index in [4.69, 9.17) is 9.47 Å². The summed E-state index contributed by atoms with van der Waals surface area (Å²) in [6, 6.07) is 5.35. The zero-order valence-electron chi connectivity index (χ0n) is 30.4. The van der Waals surface area contributed by atoms with Gasteiger partial charge in [0.25, 0.3) is 0 Å². The van der Waals surface area contributed by atoms with E-state index in [1.165, 1.54) is 11.8 Å². The molecule has 0 saturated carbocycles. The van der Waals surface area contributed by atoms with Crippen LogP contribution < -0.4 is 26.6 Å². The lowest BCUT2D eigenvalue weighted by molar-refractivity contribution is -0.141. The van der Waals surface area contributed by atoms with Crippen LogP contribution in [0.3, 0.4) is 0 Å². The third-order valence-electron chi connectivity index (χ3n) is 7.75. The molecule has 6 amide bonds. The Balaban J connectivity index is 1.91. The van der Waals surface area contributed by atoms with Crippen LogP contribution in [0.2, 0.25) is 0 Å². The molecule has 0 radical (unpaired) electrons. The van der Waals surface area contributed by atoms with Gasteiger partial charge in [-0.1, -0.05) is 58.0 Å². The van der Waals surface area contributed by atoms with Gasteiger partial charge in [-0.2, -0.15) is 0 Å². The molecular weight excluding hydrogens is 648 g/mol. The number of hydrogen-bond donors (Lipinski definition) is 5. The van der Waals surface area contributed by atoms with Crippen LogP contribution in [0.4, 0.5) is 9.59 Å². The summed E-state index contributed by atoms with van der Waals surface area (Å²) < 4.78 is 10.5. The lowest BCUT2D eigenvalue weighted by atomic mass is 9.99. The summed E-state index contributed by atoms with van der Waals surface area (Å²) in [4.78, 5) is 90.2. The molecule has 0 bridgehead atoms. The molecule has 4 atom stereocenters. The quantitative estimate of drug-likeness (QED) is 0.159. The lowest BCUT2D eigenvalue weighted by Crippen LogP contribution is -2.56. The van der Waals surface area contributed by atoms with Crippen molar-refractivity contribution in [2.75, 3.05) is 26.2 Å². The van der Waals surface area contributed by atoms with Crippen LogP contribution in [-0.4, -0.2) is 103 Å². The van der Waals surface area contributed by atoms with E-state index in [0.29, 0.717) is 25.8 Å². The van der Waals surface area contributed by atoms with Gasteiger partial charge in [0.05, 0.1) is 25.2 Å². The second kappa shape index (κ2) is 19.5. The zero-order valence-corrected chi connectivity index (χ0v) is 30.4. The molecule has 0 spiro atoms. The minimum absolute atomic E-state index is 0.0611. The van der Waals surface area contributed by atoms with E-state index in [2.05, 4.69) is 26.6 Å². The first-order chi connectivity index (χ1) is 23.4. The molecule has 15 nitrogen and oxygen atoms in total. The lowest BCUT2D eigenvalue weighted by Gasteiger charge is -2.29. The first-order valence-corrected chi connectivity index (χ1v) is 17.0. The number of ether oxygens (including phenoxy) is 2. The van der Waals surface area contributed by atoms with E-state index in [0.717, 1.165) is 5.56 Å². The normalized spacial score (nSPS) is 16.1. The molecule has 5 N–H and O–H groups in total. The number of Topliss-reactive ketones (excluding diaryl/α,β-unsaturated/α-hetero) is 1. The fraction of sp³-hybridized carbons (Fsp3) is 0.629. The second-order valence-electron chi connectivity index (χ2n) is 14.1. The zero-order chi connectivity index (χ0) is 37.6. The molecule has 0 aliphatic carbocycles. The Kier molecular flexibility index (Phi) is 16.2. The average molecular weight is 703 g/mol. The number of hydrogen-bond acceptors (Lipinski definition) is 9.